The quantitative estimate of drug-likeness (QED) is 0.353. The van der Waals surface area contributed by atoms with E-state index in [-0.39, 0.29) is 23.8 Å². The van der Waals surface area contributed by atoms with Crippen LogP contribution in [0.2, 0.25) is 0 Å². The number of piperidine rings is 1. The van der Waals surface area contributed by atoms with Gasteiger partial charge in [0.25, 0.3) is 5.91 Å². The minimum Gasteiger partial charge on any atom is -0.378 e. The molecule has 4 N–H and O–H groups in total. The number of benzene rings is 2. The number of nitrogens with zero attached hydrogens (tertiary/aromatic N) is 6. The smallest absolute Gasteiger partial charge is 0.323 e. The van der Waals surface area contributed by atoms with E-state index in [9.17, 15) is 14.4 Å². The molecule has 4 heterocycles. The number of rotatable bonds is 7. The molecule has 242 valence electrons. The zero-order chi connectivity index (χ0) is 32.0. The third kappa shape index (κ3) is 7.35. The molecule has 0 unspecified atom stereocenters. The van der Waals surface area contributed by atoms with Crippen molar-refractivity contribution in [2.45, 2.75) is 25.8 Å². The first-order valence-corrected chi connectivity index (χ1v) is 15.6. The molecule has 3 aromatic rings. The van der Waals surface area contributed by atoms with Gasteiger partial charge in [-0.3, -0.25) is 9.59 Å². The van der Waals surface area contributed by atoms with Crippen LogP contribution in [-0.4, -0.2) is 103 Å². The number of nitrogens with two attached hydrogens (primary N) is 1. The third-order valence-electron chi connectivity index (χ3n) is 8.51. The third-order valence-corrected chi connectivity index (χ3v) is 8.51. The summed E-state index contributed by atoms with van der Waals surface area (Å²) in [7, 11) is 0. The van der Waals surface area contributed by atoms with E-state index in [2.05, 4.69) is 27.4 Å². The van der Waals surface area contributed by atoms with Gasteiger partial charge in [0.1, 0.15) is 0 Å². The van der Waals surface area contributed by atoms with Crippen LogP contribution in [0, 0.1) is 5.92 Å². The second-order valence-corrected chi connectivity index (χ2v) is 11.7. The molecule has 0 spiro atoms. The minimum absolute atomic E-state index is 0.110. The molecule has 14 nitrogen and oxygen atoms in total. The SMILES string of the molecule is C[C@H]1COCCN1c1nc(-c2ccc(NC(=O)Nc3ccc(C(=O)N4CCC(C(N)=O)CC4)cc3)cc2)nc(N2CCOCC2)n1. The van der Waals surface area contributed by atoms with Crippen molar-refractivity contribution in [2.24, 2.45) is 11.7 Å². The van der Waals surface area contributed by atoms with Gasteiger partial charge < -0.3 is 40.5 Å². The Labute approximate surface area is 267 Å². The molecule has 0 bridgehead atoms. The van der Waals surface area contributed by atoms with Crippen molar-refractivity contribution < 1.29 is 23.9 Å². The van der Waals surface area contributed by atoms with Gasteiger partial charge in [0.15, 0.2) is 5.82 Å². The zero-order valence-corrected chi connectivity index (χ0v) is 25.9. The van der Waals surface area contributed by atoms with Gasteiger partial charge in [0.05, 0.1) is 32.5 Å². The lowest BCUT2D eigenvalue weighted by molar-refractivity contribution is -0.123. The summed E-state index contributed by atoms with van der Waals surface area (Å²) >= 11 is 0. The second-order valence-electron chi connectivity index (χ2n) is 11.7. The predicted molar refractivity (Wildman–Crippen MR) is 173 cm³/mol. The van der Waals surface area contributed by atoms with Crippen molar-refractivity contribution in [3.8, 4) is 11.4 Å². The van der Waals surface area contributed by atoms with Crippen LogP contribution in [0.5, 0.6) is 0 Å². The summed E-state index contributed by atoms with van der Waals surface area (Å²) in [5, 5.41) is 5.64. The normalized spacial score (nSPS) is 19.1. The summed E-state index contributed by atoms with van der Waals surface area (Å²) in [6.45, 7) is 7.64. The number of hydrogen-bond donors (Lipinski definition) is 3. The van der Waals surface area contributed by atoms with E-state index < -0.39 is 6.03 Å². The lowest BCUT2D eigenvalue weighted by atomic mass is 9.96. The molecule has 14 heteroatoms. The first-order chi connectivity index (χ1) is 22.3. The lowest BCUT2D eigenvalue weighted by Gasteiger charge is -2.34. The van der Waals surface area contributed by atoms with Gasteiger partial charge >= 0.3 is 6.03 Å². The number of primary amides is 1. The number of aromatic nitrogens is 3. The molecule has 6 rings (SSSR count). The van der Waals surface area contributed by atoms with Crippen molar-refractivity contribution in [3.05, 3.63) is 54.1 Å². The maximum absolute atomic E-state index is 12.9. The molecule has 0 saturated carbocycles. The number of urea groups is 1. The van der Waals surface area contributed by atoms with Gasteiger partial charge in [-0.05, 0) is 68.3 Å². The zero-order valence-electron chi connectivity index (χ0n) is 25.9. The van der Waals surface area contributed by atoms with Gasteiger partial charge in [-0.2, -0.15) is 15.0 Å². The van der Waals surface area contributed by atoms with Crippen LogP contribution in [0.15, 0.2) is 48.5 Å². The number of nitrogens with one attached hydrogen (secondary N) is 2. The van der Waals surface area contributed by atoms with Crippen LogP contribution in [0.1, 0.15) is 30.1 Å². The average Bonchev–Trinajstić information content (AvgIpc) is 3.09. The standard InChI is InChI=1S/C32H39N9O5/c1-21-20-46-19-16-41(21)31-37-28(36-30(38-31)40-14-17-45-18-15-40)23-2-6-25(7-3-23)34-32(44)35-26-8-4-24(5-9-26)29(43)39-12-10-22(11-13-39)27(33)42/h2-9,21-22H,10-20H2,1H3,(H2,33,42)(H2,34,35,44)/t21-/m0/s1. The number of hydrogen-bond acceptors (Lipinski definition) is 10. The molecule has 3 fully saturated rings. The molecular formula is C32H39N9O5. The van der Waals surface area contributed by atoms with Gasteiger partial charge in [-0.25, -0.2) is 4.79 Å². The van der Waals surface area contributed by atoms with E-state index >= 15 is 0 Å². The molecule has 0 aliphatic carbocycles. The topological polar surface area (TPSA) is 168 Å². The minimum atomic E-state index is -0.418. The van der Waals surface area contributed by atoms with E-state index in [1.54, 1.807) is 41.3 Å². The molecule has 0 radical (unpaired) electrons. The number of likely N-dealkylation sites (tertiary alicyclic amines) is 1. The fourth-order valence-corrected chi connectivity index (χ4v) is 5.78. The van der Waals surface area contributed by atoms with Gasteiger partial charge in [0.2, 0.25) is 17.8 Å². The van der Waals surface area contributed by atoms with E-state index in [4.69, 9.17) is 30.2 Å². The Kier molecular flexibility index (Phi) is 9.54. The van der Waals surface area contributed by atoms with Crippen molar-refractivity contribution in [1.29, 1.82) is 0 Å². The van der Waals surface area contributed by atoms with Crippen molar-refractivity contribution in [1.82, 2.24) is 19.9 Å². The molecule has 2 aromatic carbocycles. The van der Waals surface area contributed by atoms with Crippen LogP contribution < -0.4 is 26.2 Å². The summed E-state index contributed by atoms with van der Waals surface area (Å²) < 4.78 is 11.1. The predicted octanol–water partition coefficient (Wildman–Crippen LogP) is 2.58. The van der Waals surface area contributed by atoms with Crippen molar-refractivity contribution in [2.75, 3.05) is 79.6 Å². The number of anilines is 4. The summed E-state index contributed by atoms with van der Waals surface area (Å²) in [5.74, 6) is 1.17. The molecule has 3 aliphatic rings. The van der Waals surface area contributed by atoms with Crippen LogP contribution >= 0.6 is 0 Å². The fraction of sp³-hybridized carbons (Fsp3) is 0.438. The fourth-order valence-electron chi connectivity index (χ4n) is 5.78. The number of morpholine rings is 2. The Morgan fingerprint density at radius 1 is 0.783 bits per heavy atom. The maximum Gasteiger partial charge on any atom is 0.323 e. The molecular weight excluding hydrogens is 590 g/mol. The molecule has 4 amide bonds. The second kappa shape index (κ2) is 14.1. The van der Waals surface area contributed by atoms with Crippen LogP contribution in [-0.2, 0) is 14.3 Å². The first kappa shape index (κ1) is 31.2. The Morgan fingerprint density at radius 2 is 1.39 bits per heavy atom. The average molecular weight is 630 g/mol. The summed E-state index contributed by atoms with van der Waals surface area (Å²) in [4.78, 5) is 57.5. The largest absolute Gasteiger partial charge is 0.378 e. The summed E-state index contributed by atoms with van der Waals surface area (Å²) in [6, 6.07) is 13.8. The van der Waals surface area contributed by atoms with Crippen molar-refractivity contribution in [3.63, 3.8) is 0 Å². The van der Waals surface area contributed by atoms with Crippen LogP contribution in [0.4, 0.5) is 28.1 Å². The molecule has 46 heavy (non-hydrogen) atoms. The highest BCUT2D eigenvalue weighted by molar-refractivity contribution is 6.00. The van der Waals surface area contributed by atoms with Crippen LogP contribution in [0.3, 0.4) is 0 Å². The summed E-state index contributed by atoms with van der Waals surface area (Å²) in [6.07, 6.45) is 1.14. The van der Waals surface area contributed by atoms with Gasteiger partial charge in [0, 0.05) is 61.1 Å². The Morgan fingerprint density at radius 3 is 2.02 bits per heavy atom. The van der Waals surface area contributed by atoms with E-state index in [1.165, 1.54) is 0 Å². The first-order valence-electron chi connectivity index (χ1n) is 15.6. The molecule has 3 saturated heterocycles. The van der Waals surface area contributed by atoms with Gasteiger partial charge in [-0.15, -0.1) is 0 Å². The highest BCUT2D eigenvalue weighted by Gasteiger charge is 2.27. The number of ether oxygens (including phenoxy) is 2. The molecule has 1 aromatic heterocycles. The van der Waals surface area contributed by atoms with E-state index in [0.717, 1.165) is 5.56 Å². The lowest BCUT2D eigenvalue weighted by Crippen LogP contribution is -2.45. The van der Waals surface area contributed by atoms with Crippen molar-refractivity contribution >= 4 is 41.1 Å². The highest BCUT2D eigenvalue weighted by Crippen LogP contribution is 2.26. The van der Waals surface area contributed by atoms with Crippen LogP contribution in [0.25, 0.3) is 11.4 Å². The Bertz CT molecular complexity index is 1540. The Balaban J connectivity index is 1.09. The van der Waals surface area contributed by atoms with E-state index in [0.29, 0.717) is 107 Å². The maximum atomic E-state index is 12.9. The Hall–Kier alpha value is -4.82. The van der Waals surface area contributed by atoms with E-state index in [1.807, 2.05) is 12.1 Å². The highest BCUT2D eigenvalue weighted by atomic mass is 16.5. The molecule has 1 atom stereocenters. The number of amides is 4. The number of carbonyl (C=O) groups excluding carboxylic acids is 3. The molecule has 3 aliphatic heterocycles. The monoisotopic (exact) mass is 629 g/mol. The summed E-state index contributed by atoms with van der Waals surface area (Å²) in [5.41, 5.74) is 7.85. The number of carbonyl (C=O) groups is 3. The van der Waals surface area contributed by atoms with Gasteiger partial charge in [-0.1, -0.05) is 0 Å².